The number of hydrogen-bond acceptors (Lipinski definition) is 4. The lowest BCUT2D eigenvalue weighted by Crippen LogP contribution is -2.70. The van der Waals surface area contributed by atoms with E-state index < -0.39 is 0 Å². The second-order valence-electron chi connectivity index (χ2n) is 12.8. The lowest BCUT2D eigenvalue weighted by Gasteiger charge is -2.66. The van der Waals surface area contributed by atoms with Crippen molar-refractivity contribution in [2.75, 3.05) is 33.3 Å². The van der Waals surface area contributed by atoms with Gasteiger partial charge in [0.05, 0.1) is 13.2 Å². The maximum Gasteiger partial charge on any atom is 0.239 e. The molecule has 0 aromatic heterocycles. The molecule has 1 aromatic rings. The van der Waals surface area contributed by atoms with Crippen molar-refractivity contribution in [2.24, 2.45) is 23.2 Å². The number of likely N-dealkylation sites (tertiary alicyclic amines) is 2. The number of ether oxygens (including phenoxy) is 1. The molecule has 0 radical (unpaired) electrons. The van der Waals surface area contributed by atoms with Gasteiger partial charge < -0.3 is 15.0 Å². The second kappa shape index (κ2) is 7.00. The zero-order valence-electron chi connectivity index (χ0n) is 20.6. The molecule has 7 aliphatic rings. The minimum Gasteiger partial charge on any atom is -0.497 e. The van der Waals surface area contributed by atoms with Gasteiger partial charge in [0.25, 0.3) is 0 Å². The largest absolute Gasteiger partial charge is 0.497 e. The average Bonchev–Trinajstić information content (AvgIpc) is 3.27. The normalized spacial score (nSPS) is 44.1. The molecule has 3 saturated heterocycles. The summed E-state index contributed by atoms with van der Waals surface area (Å²) in [5.41, 5.74) is 3.81. The Hall–Kier alpha value is -1.59. The van der Waals surface area contributed by atoms with E-state index in [2.05, 4.69) is 33.3 Å². The molecule has 5 heteroatoms. The molecule has 1 N–H and O–H groups in total. The lowest BCUT2D eigenvalue weighted by molar-refractivity contribution is -0.141. The van der Waals surface area contributed by atoms with Gasteiger partial charge >= 0.3 is 0 Å². The highest BCUT2D eigenvalue weighted by molar-refractivity contribution is 5.83. The standard InChI is InChI=1S/C29H39N3O2/c1-34-21-7-6-19-13-25-28-9-8-24-26(20(15-28)17-32(24)27(33)23-3-2-11-30-23)29(28,22(19)14-21)10-12-31(25)16-18-4-5-18/h6-7,14,18,20,23-26,30H,2-5,8-13,15-17H2,1H3/t20-,23+,24-,25-,26-,28-,29+/m1/s1. The Balaban J connectivity index is 1.24. The van der Waals surface area contributed by atoms with Gasteiger partial charge in [0, 0.05) is 30.6 Å². The smallest absolute Gasteiger partial charge is 0.239 e. The molecule has 5 nitrogen and oxygen atoms in total. The number of carbonyl (C=O) groups is 1. The summed E-state index contributed by atoms with van der Waals surface area (Å²) in [6.45, 7) is 4.57. The van der Waals surface area contributed by atoms with Crippen LogP contribution in [-0.2, 0) is 16.6 Å². The van der Waals surface area contributed by atoms with Crippen LogP contribution in [0.4, 0.5) is 0 Å². The minimum atomic E-state index is 0.0647. The van der Waals surface area contributed by atoms with E-state index >= 15 is 0 Å². The number of rotatable bonds is 4. The predicted octanol–water partition coefficient (Wildman–Crippen LogP) is 3.35. The van der Waals surface area contributed by atoms with Crippen molar-refractivity contribution in [2.45, 2.75) is 81.3 Å². The molecule has 3 aliphatic heterocycles. The second-order valence-corrected chi connectivity index (χ2v) is 12.8. The summed E-state index contributed by atoms with van der Waals surface area (Å²) < 4.78 is 5.78. The highest BCUT2D eigenvalue weighted by Gasteiger charge is 2.76. The first-order chi connectivity index (χ1) is 16.6. The lowest BCUT2D eigenvalue weighted by atomic mass is 9.43. The molecule has 182 valence electrons. The number of nitrogens with zero attached hydrogens (tertiary/aromatic N) is 2. The third-order valence-corrected chi connectivity index (χ3v) is 11.6. The van der Waals surface area contributed by atoms with Gasteiger partial charge in [0.1, 0.15) is 5.75 Å². The van der Waals surface area contributed by atoms with Crippen LogP contribution in [-0.4, -0.2) is 67.1 Å². The molecule has 1 amide bonds. The number of nitrogens with one attached hydrogen (secondary N) is 1. The summed E-state index contributed by atoms with van der Waals surface area (Å²) in [4.78, 5) is 19.0. The maximum absolute atomic E-state index is 13.7. The van der Waals surface area contributed by atoms with Gasteiger partial charge in [-0.3, -0.25) is 9.69 Å². The van der Waals surface area contributed by atoms with E-state index in [0.29, 0.717) is 35.2 Å². The predicted molar refractivity (Wildman–Crippen MR) is 131 cm³/mol. The molecular weight excluding hydrogens is 422 g/mol. The number of amides is 1. The fourth-order valence-electron chi connectivity index (χ4n) is 10.4. The SMILES string of the molecule is COc1ccc2c(c1)[C@]13CCN(CC4CC4)[C@H](C2)[C@]12CC[C@@H]1[C@H]3[C@@H](CN1C(=O)[C@@H]1CCCN1)C2. The van der Waals surface area contributed by atoms with Crippen molar-refractivity contribution in [1.82, 2.24) is 15.1 Å². The van der Waals surface area contributed by atoms with Gasteiger partial charge in [-0.15, -0.1) is 0 Å². The molecule has 8 rings (SSSR count). The number of carbonyl (C=O) groups excluding carboxylic acids is 1. The van der Waals surface area contributed by atoms with Crippen molar-refractivity contribution in [1.29, 1.82) is 0 Å². The Morgan fingerprint density at radius 1 is 1.21 bits per heavy atom. The third kappa shape index (κ3) is 2.46. The molecule has 0 spiro atoms. The first-order valence-corrected chi connectivity index (χ1v) is 14.1. The van der Waals surface area contributed by atoms with Crippen LogP contribution in [0.25, 0.3) is 0 Å². The Morgan fingerprint density at radius 2 is 2.12 bits per heavy atom. The Labute approximate surface area is 203 Å². The Bertz CT molecular complexity index is 1030. The highest BCUT2D eigenvalue weighted by Crippen LogP contribution is 2.75. The van der Waals surface area contributed by atoms with Crippen LogP contribution < -0.4 is 10.1 Å². The van der Waals surface area contributed by atoms with Crippen LogP contribution in [0.15, 0.2) is 18.2 Å². The molecular formula is C29H39N3O2. The first kappa shape index (κ1) is 20.6. The minimum absolute atomic E-state index is 0.0647. The van der Waals surface area contributed by atoms with E-state index in [4.69, 9.17) is 4.74 Å². The fraction of sp³-hybridized carbons (Fsp3) is 0.759. The van der Waals surface area contributed by atoms with Gasteiger partial charge in [-0.25, -0.2) is 0 Å². The molecule has 1 aromatic carbocycles. The van der Waals surface area contributed by atoms with Gasteiger partial charge in [0.15, 0.2) is 0 Å². The van der Waals surface area contributed by atoms with E-state index in [1.165, 1.54) is 58.0 Å². The summed E-state index contributed by atoms with van der Waals surface area (Å²) in [5.74, 6) is 3.67. The molecule has 4 bridgehead atoms. The third-order valence-electron chi connectivity index (χ3n) is 11.6. The number of hydrogen-bond donors (Lipinski definition) is 1. The summed E-state index contributed by atoms with van der Waals surface area (Å²) >= 11 is 0. The quantitative estimate of drug-likeness (QED) is 0.747. The van der Waals surface area contributed by atoms with Gasteiger partial charge in [0.2, 0.25) is 5.91 Å². The van der Waals surface area contributed by atoms with E-state index in [9.17, 15) is 4.79 Å². The number of methoxy groups -OCH3 is 1. The van der Waals surface area contributed by atoms with Crippen molar-refractivity contribution < 1.29 is 9.53 Å². The highest BCUT2D eigenvalue weighted by atomic mass is 16.5. The average molecular weight is 462 g/mol. The van der Waals surface area contributed by atoms with E-state index in [1.807, 2.05) is 7.11 Å². The number of benzene rings is 1. The van der Waals surface area contributed by atoms with Crippen LogP contribution in [0, 0.1) is 23.2 Å². The van der Waals surface area contributed by atoms with Crippen molar-refractivity contribution in [3.05, 3.63) is 29.3 Å². The van der Waals surface area contributed by atoms with Crippen LogP contribution >= 0.6 is 0 Å². The molecule has 3 saturated carbocycles. The van der Waals surface area contributed by atoms with Gasteiger partial charge in [-0.1, -0.05) is 6.07 Å². The molecule has 3 heterocycles. The maximum atomic E-state index is 13.7. The van der Waals surface area contributed by atoms with Gasteiger partial charge in [-0.05, 0) is 117 Å². The Morgan fingerprint density at radius 3 is 2.91 bits per heavy atom. The van der Waals surface area contributed by atoms with Crippen LogP contribution in [0.5, 0.6) is 5.75 Å². The van der Waals surface area contributed by atoms with E-state index in [0.717, 1.165) is 37.6 Å². The van der Waals surface area contributed by atoms with Crippen LogP contribution in [0.1, 0.15) is 62.5 Å². The topological polar surface area (TPSA) is 44.8 Å². The molecule has 6 fully saturated rings. The summed E-state index contributed by atoms with van der Waals surface area (Å²) in [5, 5.41) is 3.50. The van der Waals surface area contributed by atoms with Crippen molar-refractivity contribution in [3.8, 4) is 5.75 Å². The summed E-state index contributed by atoms with van der Waals surface area (Å²) in [7, 11) is 1.81. The fourth-order valence-corrected chi connectivity index (χ4v) is 10.4. The molecule has 7 atom stereocenters. The summed E-state index contributed by atoms with van der Waals surface area (Å²) in [6.07, 6.45) is 11.4. The molecule has 4 aliphatic carbocycles. The van der Waals surface area contributed by atoms with Gasteiger partial charge in [-0.2, -0.15) is 0 Å². The van der Waals surface area contributed by atoms with Crippen molar-refractivity contribution in [3.63, 3.8) is 0 Å². The zero-order valence-corrected chi connectivity index (χ0v) is 20.6. The van der Waals surface area contributed by atoms with Crippen molar-refractivity contribution >= 4 is 5.91 Å². The molecule has 34 heavy (non-hydrogen) atoms. The van der Waals surface area contributed by atoms with Crippen LogP contribution in [0.3, 0.4) is 0 Å². The van der Waals surface area contributed by atoms with E-state index in [1.54, 1.807) is 11.1 Å². The van der Waals surface area contributed by atoms with E-state index in [-0.39, 0.29) is 11.5 Å². The summed E-state index contributed by atoms with van der Waals surface area (Å²) in [6, 6.07) is 8.19. The zero-order chi connectivity index (χ0) is 22.7. The number of piperidine rings is 1. The monoisotopic (exact) mass is 461 g/mol. The Kier molecular flexibility index (Phi) is 4.24. The first-order valence-electron chi connectivity index (χ1n) is 14.1. The molecule has 0 unspecified atom stereocenters. The number of fused-ring (bicyclic) bond motifs is 1. The van der Waals surface area contributed by atoms with Crippen LogP contribution in [0.2, 0.25) is 0 Å².